The molecule has 170 valence electrons. The van der Waals surface area contributed by atoms with E-state index < -0.39 is 10.0 Å². The Kier molecular flexibility index (Phi) is 6.08. The number of carbonyl (C=O) groups excluding carboxylic acids is 1. The molecule has 6 N–H and O–H groups in total. The number of hydrogen-bond donors (Lipinski definition) is 4. The first-order chi connectivity index (χ1) is 15.7. The summed E-state index contributed by atoms with van der Waals surface area (Å²) >= 11 is 0. The van der Waals surface area contributed by atoms with Crippen LogP contribution in [0.5, 0.6) is 0 Å². The van der Waals surface area contributed by atoms with Gasteiger partial charge >= 0.3 is 0 Å². The van der Waals surface area contributed by atoms with E-state index in [0.717, 1.165) is 16.1 Å². The highest BCUT2D eigenvalue weighted by Gasteiger charge is 2.15. The molecule has 1 heterocycles. The molecule has 0 atom stereocenters. The van der Waals surface area contributed by atoms with Crippen LogP contribution in [0.2, 0.25) is 0 Å². The molecular weight excluding hydrogens is 438 g/mol. The van der Waals surface area contributed by atoms with Crippen molar-refractivity contribution >= 4 is 39.2 Å². The maximum Gasteiger partial charge on any atom is 0.243 e. The van der Waals surface area contributed by atoms with Gasteiger partial charge in [0.1, 0.15) is 5.82 Å². The van der Waals surface area contributed by atoms with Gasteiger partial charge in [0.15, 0.2) is 0 Å². The smallest absolute Gasteiger partial charge is 0.243 e. The van der Waals surface area contributed by atoms with Crippen molar-refractivity contribution in [2.24, 2.45) is 10.9 Å². The van der Waals surface area contributed by atoms with Crippen molar-refractivity contribution in [2.45, 2.75) is 4.90 Å². The molecule has 9 heteroatoms. The Labute approximate surface area is 192 Å². The molecule has 0 saturated heterocycles. The number of nitrogens with one attached hydrogen (secondary N) is 2. The van der Waals surface area contributed by atoms with Gasteiger partial charge in [-0.2, -0.15) is 0 Å². The highest BCUT2D eigenvalue weighted by Crippen LogP contribution is 2.27. The van der Waals surface area contributed by atoms with Crippen molar-refractivity contribution in [1.29, 1.82) is 0 Å². The number of amides is 1. The summed E-state index contributed by atoms with van der Waals surface area (Å²) < 4.78 is 23.7. The maximum atomic E-state index is 12.6. The van der Waals surface area contributed by atoms with Crippen molar-refractivity contribution < 1.29 is 13.2 Å². The number of rotatable bonds is 6. The van der Waals surface area contributed by atoms with E-state index in [-0.39, 0.29) is 17.3 Å². The van der Waals surface area contributed by atoms with Gasteiger partial charge in [0.25, 0.3) is 0 Å². The minimum Gasteiger partial charge on any atom is -0.385 e. The van der Waals surface area contributed by atoms with Gasteiger partial charge in [-0.05, 0) is 41.1 Å². The topological polar surface area (TPSA) is 131 Å². The predicted molar refractivity (Wildman–Crippen MR) is 131 cm³/mol. The minimum absolute atomic E-state index is 0.0548. The van der Waals surface area contributed by atoms with E-state index in [4.69, 9.17) is 10.9 Å². The number of nitrogens with two attached hydrogens (primary N) is 2. The first kappa shape index (κ1) is 22.4. The minimum atomic E-state index is -3.85. The molecule has 0 fully saturated rings. The number of carbonyl (C=O) groups is 1. The lowest BCUT2D eigenvalue weighted by atomic mass is 10.1. The first-order valence-corrected chi connectivity index (χ1v) is 11.8. The molecule has 0 bridgehead atoms. The van der Waals surface area contributed by atoms with Crippen LogP contribution in [0.3, 0.4) is 0 Å². The van der Waals surface area contributed by atoms with Crippen LogP contribution in [0.25, 0.3) is 23.0 Å². The summed E-state index contributed by atoms with van der Waals surface area (Å²) in [6, 6.07) is 19.4. The number of sulfonamides is 1. The molecule has 0 aliphatic carbocycles. The van der Waals surface area contributed by atoms with Gasteiger partial charge in [-0.25, -0.2) is 13.6 Å². The Morgan fingerprint density at radius 2 is 1.82 bits per heavy atom. The van der Waals surface area contributed by atoms with Gasteiger partial charge in [-0.15, -0.1) is 0 Å². The van der Waals surface area contributed by atoms with Gasteiger partial charge in [0.05, 0.1) is 11.4 Å². The molecule has 0 radical (unpaired) electrons. The fraction of sp³-hybridized carbons (Fsp3) is 0.125. The van der Waals surface area contributed by atoms with Gasteiger partial charge < -0.3 is 21.3 Å². The predicted octanol–water partition coefficient (Wildman–Crippen LogP) is 0.484. The molecule has 3 aromatic rings. The van der Waals surface area contributed by atoms with E-state index in [1.54, 1.807) is 42.5 Å². The molecular formula is C24H25N5O3S. The number of anilines is 2. The zero-order chi connectivity index (χ0) is 23.6. The second-order valence-electron chi connectivity index (χ2n) is 7.79. The molecule has 0 spiro atoms. The molecule has 1 amide bonds. The van der Waals surface area contributed by atoms with Crippen molar-refractivity contribution in [2.75, 3.05) is 30.4 Å². The normalized spacial score (nSPS) is 12.8. The number of nitrogens with zero attached hydrogens (tertiary/aromatic N) is 1. The fourth-order valence-electron chi connectivity index (χ4n) is 3.75. The number of likely N-dealkylation sites (N-methyl/N-ethyl adjacent to an activating group) is 1. The Morgan fingerprint density at radius 3 is 2.55 bits per heavy atom. The van der Waals surface area contributed by atoms with Gasteiger partial charge in [0, 0.05) is 35.7 Å². The van der Waals surface area contributed by atoms with Crippen LogP contribution in [-0.2, 0) is 14.8 Å². The molecule has 1 aliphatic rings. The van der Waals surface area contributed by atoms with E-state index in [1.807, 2.05) is 30.1 Å². The molecule has 0 aromatic heterocycles. The zero-order valence-corrected chi connectivity index (χ0v) is 18.9. The van der Waals surface area contributed by atoms with Crippen LogP contribution in [0, 0.1) is 0 Å². The second-order valence-corrected chi connectivity index (χ2v) is 9.32. The van der Waals surface area contributed by atoms with Crippen molar-refractivity contribution in [3.63, 3.8) is 0 Å². The third-order valence-corrected chi connectivity index (χ3v) is 6.41. The van der Waals surface area contributed by atoms with Gasteiger partial charge in [0.2, 0.25) is 15.9 Å². The van der Waals surface area contributed by atoms with Crippen LogP contribution in [-0.4, -0.2) is 34.5 Å². The molecule has 0 unspecified atom stereocenters. The highest BCUT2D eigenvalue weighted by atomic mass is 32.2. The highest BCUT2D eigenvalue weighted by molar-refractivity contribution is 7.89. The summed E-state index contributed by atoms with van der Waals surface area (Å²) in [6.45, 7) is 0.842. The van der Waals surface area contributed by atoms with E-state index >= 15 is 0 Å². The number of hydrogen-bond acceptors (Lipinski definition) is 6. The van der Waals surface area contributed by atoms with Crippen LogP contribution in [0.1, 0.15) is 0 Å². The molecule has 0 saturated carbocycles. The molecule has 33 heavy (non-hydrogen) atoms. The number of fused-ring (bicyclic) bond motifs is 1. The van der Waals surface area contributed by atoms with Crippen LogP contribution < -0.4 is 36.8 Å². The molecule has 3 aromatic carbocycles. The second kappa shape index (κ2) is 8.97. The standard InChI is InChI=1S/C24H25N5O3S/c1-29(19-11-8-17-12-13-27-24(25)21(17)14-19)15-23(30)28-18-9-6-16(7-10-18)20-4-2-3-5-22(20)33(26,31)32/h2-12,14,27H,13,15,25H2,1H3,(H,28,30)(H2,26,31,32). The van der Waals surface area contributed by atoms with E-state index in [1.165, 1.54) is 6.07 Å². The van der Waals surface area contributed by atoms with Crippen LogP contribution in [0.4, 0.5) is 11.4 Å². The van der Waals surface area contributed by atoms with Crippen LogP contribution >= 0.6 is 0 Å². The van der Waals surface area contributed by atoms with Crippen LogP contribution in [0.15, 0.2) is 71.6 Å². The van der Waals surface area contributed by atoms with E-state index in [0.29, 0.717) is 29.2 Å². The summed E-state index contributed by atoms with van der Waals surface area (Å²) in [5, 5.41) is 13.3. The Bertz CT molecular complexity index is 1430. The molecule has 1 aliphatic heterocycles. The third kappa shape index (κ3) is 5.00. The molecule has 8 nitrogen and oxygen atoms in total. The summed E-state index contributed by atoms with van der Waals surface area (Å²) in [4.78, 5) is 14.5. The lowest BCUT2D eigenvalue weighted by Crippen LogP contribution is -2.41. The van der Waals surface area contributed by atoms with Gasteiger partial charge in [-0.1, -0.05) is 42.5 Å². The summed E-state index contributed by atoms with van der Waals surface area (Å²) in [5.74, 6) is 0.436. The fourth-order valence-corrected chi connectivity index (χ4v) is 4.51. The average Bonchev–Trinajstić information content (AvgIpc) is 2.79. The third-order valence-electron chi connectivity index (χ3n) is 5.44. The largest absolute Gasteiger partial charge is 0.385 e. The van der Waals surface area contributed by atoms with Crippen molar-refractivity contribution in [3.8, 4) is 11.1 Å². The first-order valence-electron chi connectivity index (χ1n) is 10.3. The Balaban J connectivity index is 1.46. The number of benzene rings is 3. The summed E-state index contributed by atoms with van der Waals surface area (Å²) in [7, 11) is -2.01. The summed E-state index contributed by atoms with van der Waals surface area (Å²) in [6.07, 6.45) is 2.06. The Morgan fingerprint density at radius 1 is 1.09 bits per heavy atom. The monoisotopic (exact) mass is 463 g/mol. The lowest BCUT2D eigenvalue weighted by Gasteiger charge is -2.20. The van der Waals surface area contributed by atoms with E-state index in [2.05, 4.69) is 16.7 Å². The number of primary sulfonamides is 1. The summed E-state index contributed by atoms with van der Waals surface area (Å²) in [5.41, 5.74) is 8.72. The Hall–Kier alpha value is -3.82. The van der Waals surface area contributed by atoms with E-state index in [9.17, 15) is 13.2 Å². The average molecular weight is 464 g/mol. The lowest BCUT2D eigenvalue weighted by molar-refractivity contribution is -0.114. The van der Waals surface area contributed by atoms with Crippen molar-refractivity contribution in [3.05, 3.63) is 77.2 Å². The maximum absolute atomic E-state index is 12.6. The van der Waals surface area contributed by atoms with Gasteiger partial charge in [-0.3, -0.25) is 4.79 Å². The quantitative estimate of drug-likeness (QED) is 0.421. The van der Waals surface area contributed by atoms with Crippen molar-refractivity contribution in [1.82, 2.24) is 5.32 Å². The SMILES string of the molecule is CN(CC(=O)Nc1ccc(-c2ccccc2S(N)(=O)=O)cc1)c1ccc2c(c1)=C(N)NCC=2. The zero-order valence-electron chi connectivity index (χ0n) is 18.1. The molecule has 4 rings (SSSR count).